The van der Waals surface area contributed by atoms with Crippen molar-refractivity contribution >= 4 is 5.91 Å². The van der Waals surface area contributed by atoms with E-state index in [4.69, 9.17) is 9.26 Å². The molecule has 0 atom stereocenters. The lowest BCUT2D eigenvalue weighted by Crippen LogP contribution is -2.29. The fourth-order valence-corrected chi connectivity index (χ4v) is 2.68. The number of rotatable bonds is 7. The summed E-state index contributed by atoms with van der Waals surface area (Å²) in [7, 11) is 1.77. The Morgan fingerprint density at radius 3 is 2.59 bits per heavy atom. The second kappa shape index (κ2) is 8.54. The summed E-state index contributed by atoms with van der Waals surface area (Å²) in [4.78, 5) is 14.1. The molecule has 2 aromatic carbocycles. The minimum atomic E-state index is -0.160. The zero-order valence-electron chi connectivity index (χ0n) is 15.9. The highest BCUT2D eigenvalue weighted by atomic mass is 16.5. The molecule has 140 valence electrons. The van der Waals surface area contributed by atoms with E-state index in [-0.39, 0.29) is 12.5 Å². The molecule has 0 aliphatic heterocycles. The Balaban J connectivity index is 1.54. The Bertz CT molecular complexity index is 903. The summed E-state index contributed by atoms with van der Waals surface area (Å²) in [6.07, 6.45) is 0.795. The molecule has 1 aromatic heterocycles. The van der Waals surface area contributed by atoms with Crippen LogP contribution in [-0.2, 0) is 13.0 Å². The number of nitrogens with zero attached hydrogens (tertiary/aromatic N) is 2. The number of amides is 1. The minimum Gasteiger partial charge on any atom is -0.486 e. The fraction of sp³-hybridized carbons (Fsp3) is 0.273. The van der Waals surface area contributed by atoms with Crippen molar-refractivity contribution < 1.29 is 14.1 Å². The molecule has 3 aromatic rings. The molecule has 0 bridgehead atoms. The molecular formula is C22H24N2O3. The molecule has 0 spiro atoms. The van der Waals surface area contributed by atoms with Crippen LogP contribution >= 0.6 is 0 Å². The Morgan fingerprint density at radius 2 is 1.85 bits per heavy atom. The smallest absolute Gasteiger partial charge is 0.275 e. The van der Waals surface area contributed by atoms with Crippen molar-refractivity contribution in [2.24, 2.45) is 0 Å². The number of hydrogen-bond acceptors (Lipinski definition) is 4. The van der Waals surface area contributed by atoms with Gasteiger partial charge in [0.2, 0.25) is 0 Å². The van der Waals surface area contributed by atoms with Gasteiger partial charge in [-0.05, 0) is 49.1 Å². The Morgan fingerprint density at radius 1 is 1.07 bits per heavy atom. The van der Waals surface area contributed by atoms with E-state index in [0.29, 0.717) is 18.0 Å². The first-order valence-corrected chi connectivity index (χ1v) is 8.98. The molecule has 0 saturated carbocycles. The summed E-state index contributed by atoms with van der Waals surface area (Å²) >= 11 is 0. The van der Waals surface area contributed by atoms with Gasteiger partial charge in [-0.2, -0.15) is 0 Å². The van der Waals surface area contributed by atoms with Crippen molar-refractivity contribution in [3.63, 3.8) is 0 Å². The van der Waals surface area contributed by atoms with Crippen molar-refractivity contribution in [3.05, 3.63) is 82.7 Å². The van der Waals surface area contributed by atoms with Crippen molar-refractivity contribution in [1.82, 2.24) is 10.1 Å². The number of carbonyl (C=O) groups is 1. The number of carbonyl (C=O) groups excluding carboxylic acids is 1. The van der Waals surface area contributed by atoms with Crippen LogP contribution < -0.4 is 4.74 Å². The molecule has 0 fully saturated rings. The van der Waals surface area contributed by atoms with Crippen LogP contribution in [0.2, 0.25) is 0 Å². The zero-order valence-corrected chi connectivity index (χ0v) is 15.9. The quantitative estimate of drug-likeness (QED) is 0.631. The van der Waals surface area contributed by atoms with E-state index < -0.39 is 0 Å². The van der Waals surface area contributed by atoms with E-state index in [2.05, 4.69) is 24.2 Å². The Labute approximate surface area is 159 Å². The Hall–Kier alpha value is -3.08. The molecule has 5 heteroatoms. The SMILES string of the molecule is Cc1ccc(OCc2cc(C(=O)N(C)CCc3ccccc3)no2)cc1C. The molecule has 1 amide bonds. The molecule has 0 aliphatic rings. The minimum absolute atomic E-state index is 0.160. The summed E-state index contributed by atoms with van der Waals surface area (Å²) in [6.45, 7) is 4.95. The number of ether oxygens (including phenoxy) is 1. The predicted octanol–water partition coefficient (Wildman–Crippen LogP) is 4.19. The number of aromatic nitrogens is 1. The highest BCUT2D eigenvalue weighted by Crippen LogP contribution is 2.18. The van der Waals surface area contributed by atoms with Gasteiger partial charge in [-0.1, -0.05) is 41.6 Å². The maximum Gasteiger partial charge on any atom is 0.275 e. The average molecular weight is 364 g/mol. The lowest BCUT2D eigenvalue weighted by molar-refractivity contribution is 0.0786. The van der Waals surface area contributed by atoms with Crippen LogP contribution in [0.3, 0.4) is 0 Å². The molecule has 0 unspecified atom stereocenters. The van der Waals surface area contributed by atoms with Gasteiger partial charge in [-0.15, -0.1) is 0 Å². The number of likely N-dealkylation sites (N-methyl/N-ethyl adjacent to an activating group) is 1. The summed E-state index contributed by atoms with van der Waals surface area (Å²) in [5.41, 5.74) is 3.87. The molecule has 27 heavy (non-hydrogen) atoms. The predicted molar refractivity (Wildman–Crippen MR) is 104 cm³/mol. The van der Waals surface area contributed by atoms with E-state index >= 15 is 0 Å². The van der Waals surface area contributed by atoms with Gasteiger partial charge in [0.1, 0.15) is 12.4 Å². The first-order chi connectivity index (χ1) is 13.0. The van der Waals surface area contributed by atoms with Crippen LogP contribution in [0, 0.1) is 13.8 Å². The second-order valence-electron chi connectivity index (χ2n) is 6.68. The van der Waals surface area contributed by atoms with Crippen molar-refractivity contribution in [3.8, 4) is 5.75 Å². The van der Waals surface area contributed by atoms with E-state index in [1.54, 1.807) is 18.0 Å². The maximum absolute atomic E-state index is 12.5. The first kappa shape index (κ1) is 18.7. The van der Waals surface area contributed by atoms with Crippen LogP contribution in [0.5, 0.6) is 5.75 Å². The van der Waals surface area contributed by atoms with Gasteiger partial charge in [-0.3, -0.25) is 4.79 Å². The molecular weight excluding hydrogens is 340 g/mol. The summed E-state index contributed by atoms with van der Waals surface area (Å²) in [5.74, 6) is 1.13. The van der Waals surface area contributed by atoms with Crippen LogP contribution in [0.4, 0.5) is 0 Å². The van der Waals surface area contributed by atoms with Crippen molar-refractivity contribution in [2.75, 3.05) is 13.6 Å². The van der Waals surface area contributed by atoms with Crippen molar-refractivity contribution in [1.29, 1.82) is 0 Å². The number of benzene rings is 2. The van der Waals surface area contributed by atoms with Gasteiger partial charge in [0.05, 0.1) is 0 Å². The third-order valence-electron chi connectivity index (χ3n) is 4.56. The van der Waals surface area contributed by atoms with Gasteiger partial charge in [0.15, 0.2) is 11.5 Å². The topological polar surface area (TPSA) is 55.6 Å². The number of aryl methyl sites for hydroxylation is 2. The van der Waals surface area contributed by atoms with Crippen LogP contribution in [0.25, 0.3) is 0 Å². The van der Waals surface area contributed by atoms with Gasteiger partial charge >= 0.3 is 0 Å². The first-order valence-electron chi connectivity index (χ1n) is 8.98. The van der Waals surface area contributed by atoms with E-state index in [0.717, 1.165) is 12.2 Å². The lowest BCUT2D eigenvalue weighted by Gasteiger charge is -2.15. The van der Waals surface area contributed by atoms with E-state index in [1.165, 1.54) is 16.7 Å². The summed E-state index contributed by atoms with van der Waals surface area (Å²) in [6, 6.07) is 17.6. The normalized spacial score (nSPS) is 10.6. The lowest BCUT2D eigenvalue weighted by atomic mass is 10.1. The third kappa shape index (κ3) is 4.97. The molecule has 0 radical (unpaired) electrons. The highest BCUT2D eigenvalue weighted by Gasteiger charge is 2.17. The van der Waals surface area contributed by atoms with Gasteiger partial charge < -0.3 is 14.2 Å². The van der Waals surface area contributed by atoms with Gasteiger partial charge in [0.25, 0.3) is 5.91 Å². The second-order valence-corrected chi connectivity index (χ2v) is 6.68. The molecule has 1 heterocycles. The number of hydrogen-bond donors (Lipinski definition) is 0. The largest absolute Gasteiger partial charge is 0.486 e. The fourth-order valence-electron chi connectivity index (χ4n) is 2.68. The van der Waals surface area contributed by atoms with Crippen LogP contribution in [0.1, 0.15) is 32.9 Å². The highest BCUT2D eigenvalue weighted by molar-refractivity contribution is 5.92. The average Bonchev–Trinajstić information content (AvgIpc) is 3.16. The standard InChI is InChI=1S/C22H24N2O3/c1-16-9-10-19(13-17(16)2)26-15-20-14-21(23-27-20)22(25)24(3)12-11-18-7-5-4-6-8-18/h4-10,13-14H,11-12,15H2,1-3H3. The molecule has 0 N–H and O–H groups in total. The van der Waals surface area contributed by atoms with E-state index in [9.17, 15) is 4.79 Å². The van der Waals surface area contributed by atoms with Crippen molar-refractivity contribution in [2.45, 2.75) is 26.9 Å². The Kier molecular flexibility index (Phi) is 5.91. The molecule has 3 rings (SSSR count). The van der Waals surface area contributed by atoms with Gasteiger partial charge in [0, 0.05) is 19.7 Å². The molecule has 0 aliphatic carbocycles. The van der Waals surface area contributed by atoms with Crippen LogP contribution in [0.15, 0.2) is 59.1 Å². The zero-order chi connectivity index (χ0) is 19.2. The maximum atomic E-state index is 12.5. The van der Waals surface area contributed by atoms with Gasteiger partial charge in [-0.25, -0.2) is 0 Å². The van der Waals surface area contributed by atoms with E-state index in [1.807, 2.05) is 43.3 Å². The molecule has 5 nitrogen and oxygen atoms in total. The molecule has 0 saturated heterocycles. The summed E-state index contributed by atoms with van der Waals surface area (Å²) < 4.78 is 11.0. The van der Waals surface area contributed by atoms with Crippen LogP contribution in [-0.4, -0.2) is 29.6 Å². The summed E-state index contributed by atoms with van der Waals surface area (Å²) in [5, 5.41) is 3.89. The third-order valence-corrected chi connectivity index (χ3v) is 4.56. The monoisotopic (exact) mass is 364 g/mol.